The molecule has 0 saturated carbocycles. The molecule has 2 N–H and O–H groups in total. The predicted octanol–water partition coefficient (Wildman–Crippen LogP) is 3.70. The molecule has 0 aliphatic heterocycles. The maximum absolute atomic E-state index is 4.39. The van der Waals surface area contributed by atoms with Crippen LogP contribution in [0.5, 0.6) is 0 Å². The fourth-order valence-electron chi connectivity index (χ4n) is 2.07. The van der Waals surface area contributed by atoms with Gasteiger partial charge in [0.25, 0.3) is 0 Å². The van der Waals surface area contributed by atoms with E-state index >= 15 is 0 Å². The van der Waals surface area contributed by atoms with Crippen molar-refractivity contribution in [2.24, 2.45) is 0 Å². The van der Waals surface area contributed by atoms with E-state index in [1.165, 1.54) is 17.5 Å². The summed E-state index contributed by atoms with van der Waals surface area (Å²) in [5, 5.41) is 3.27. The Kier molecular flexibility index (Phi) is 4.74. The Bertz CT molecular complexity index is 499. The van der Waals surface area contributed by atoms with Gasteiger partial charge in [-0.15, -0.1) is 0 Å². The molecule has 2 aromatic rings. The van der Waals surface area contributed by atoms with Gasteiger partial charge in [-0.3, -0.25) is 0 Å². The molecule has 0 aliphatic rings. The second-order valence-corrected chi connectivity index (χ2v) is 4.96. The van der Waals surface area contributed by atoms with Gasteiger partial charge in [-0.05, 0) is 30.0 Å². The molecule has 0 saturated heterocycles. The molecular weight excluding hydrogens is 234 g/mol. The van der Waals surface area contributed by atoms with Gasteiger partial charge in [-0.25, -0.2) is 4.98 Å². The van der Waals surface area contributed by atoms with Crippen molar-refractivity contribution in [2.75, 3.05) is 6.54 Å². The Morgan fingerprint density at radius 3 is 2.58 bits per heavy atom. The minimum Gasteiger partial charge on any atom is -0.341 e. The second-order valence-electron chi connectivity index (χ2n) is 4.96. The van der Waals surface area contributed by atoms with Crippen LogP contribution in [0.1, 0.15) is 44.5 Å². The molecule has 0 amide bonds. The third-order valence-corrected chi connectivity index (χ3v) is 3.57. The summed E-state index contributed by atoms with van der Waals surface area (Å²) in [5.41, 5.74) is 3.68. The van der Waals surface area contributed by atoms with Crippen molar-refractivity contribution in [2.45, 2.75) is 39.7 Å². The van der Waals surface area contributed by atoms with Crippen LogP contribution in [0.25, 0.3) is 11.3 Å². The van der Waals surface area contributed by atoms with Gasteiger partial charge in [0, 0.05) is 0 Å². The van der Waals surface area contributed by atoms with E-state index in [0.29, 0.717) is 5.92 Å². The number of nitrogens with one attached hydrogen (secondary N) is 2. The van der Waals surface area contributed by atoms with Crippen LogP contribution in [0.15, 0.2) is 30.5 Å². The zero-order chi connectivity index (χ0) is 13.7. The highest BCUT2D eigenvalue weighted by Crippen LogP contribution is 2.23. The number of benzene rings is 1. The van der Waals surface area contributed by atoms with Crippen LogP contribution >= 0.6 is 0 Å². The summed E-state index contributed by atoms with van der Waals surface area (Å²) in [7, 11) is 0. The van der Waals surface area contributed by atoms with Crippen LogP contribution in [0.3, 0.4) is 0 Å². The second kappa shape index (κ2) is 6.53. The summed E-state index contributed by atoms with van der Waals surface area (Å²) in [6, 6.07) is 8.78. The summed E-state index contributed by atoms with van der Waals surface area (Å²) in [4.78, 5) is 7.74. The minimum absolute atomic E-state index is 0.625. The molecule has 0 radical (unpaired) electrons. The molecule has 0 bridgehead atoms. The molecule has 1 unspecified atom stereocenters. The van der Waals surface area contributed by atoms with Crippen molar-refractivity contribution in [3.05, 3.63) is 41.9 Å². The number of aromatic nitrogens is 2. The molecule has 1 atom stereocenters. The van der Waals surface area contributed by atoms with E-state index in [2.05, 4.69) is 60.3 Å². The van der Waals surface area contributed by atoms with Crippen LogP contribution in [0, 0.1) is 0 Å². The van der Waals surface area contributed by atoms with Gasteiger partial charge < -0.3 is 10.3 Å². The highest BCUT2D eigenvalue weighted by Gasteiger charge is 2.05. The largest absolute Gasteiger partial charge is 0.341 e. The van der Waals surface area contributed by atoms with Crippen molar-refractivity contribution in [1.29, 1.82) is 0 Å². The van der Waals surface area contributed by atoms with Gasteiger partial charge in [0.2, 0.25) is 0 Å². The minimum atomic E-state index is 0.625. The molecule has 2 rings (SSSR count). The zero-order valence-corrected chi connectivity index (χ0v) is 12.0. The molecule has 0 aliphatic carbocycles. The van der Waals surface area contributed by atoms with E-state index in [9.17, 15) is 0 Å². The molecule has 3 heteroatoms. The van der Waals surface area contributed by atoms with Crippen molar-refractivity contribution in [1.82, 2.24) is 15.3 Å². The van der Waals surface area contributed by atoms with Crippen LogP contribution in [0.2, 0.25) is 0 Å². The quantitative estimate of drug-likeness (QED) is 0.828. The van der Waals surface area contributed by atoms with Crippen LogP contribution in [0.4, 0.5) is 0 Å². The first-order valence-electron chi connectivity index (χ1n) is 7.09. The number of imidazole rings is 1. The molecule has 19 heavy (non-hydrogen) atoms. The van der Waals surface area contributed by atoms with Crippen LogP contribution in [-0.4, -0.2) is 16.5 Å². The van der Waals surface area contributed by atoms with Gasteiger partial charge >= 0.3 is 0 Å². The zero-order valence-electron chi connectivity index (χ0n) is 12.0. The standard InChI is InChI=1S/C16H23N3/c1-4-12(3)13-6-8-14(9-7-13)15-10-18-16(19-15)11-17-5-2/h6-10,12,17H,4-5,11H2,1-3H3,(H,18,19). The fourth-order valence-corrected chi connectivity index (χ4v) is 2.07. The summed E-state index contributed by atoms with van der Waals surface area (Å²) >= 11 is 0. The van der Waals surface area contributed by atoms with E-state index in [-0.39, 0.29) is 0 Å². The maximum atomic E-state index is 4.39. The summed E-state index contributed by atoms with van der Waals surface area (Å²) < 4.78 is 0. The number of H-pyrrole nitrogens is 1. The molecule has 1 aromatic carbocycles. The average molecular weight is 257 g/mol. The third kappa shape index (κ3) is 3.44. The first kappa shape index (κ1) is 13.8. The van der Waals surface area contributed by atoms with E-state index in [4.69, 9.17) is 0 Å². The molecular formula is C16H23N3. The topological polar surface area (TPSA) is 40.7 Å². The van der Waals surface area contributed by atoms with Gasteiger partial charge in [-0.1, -0.05) is 45.0 Å². The molecule has 1 aromatic heterocycles. The molecule has 0 fully saturated rings. The van der Waals surface area contributed by atoms with Crippen molar-refractivity contribution >= 4 is 0 Å². The Morgan fingerprint density at radius 1 is 1.21 bits per heavy atom. The van der Waals surface area contributed by atoms with E-state index in [1.54, 1.807) is 0 Å². The molecule has 3 nitrogen and oxygen atoms in total. The first-order valence-corrected chi connectivity index (χ1v) is 7.09. The Labute approximate surface area is 115 Å². The highest BCUT2D eigenvalue weighted by atomic mass is 15.0. The Morgan fingerprint density at radius 2 is 1.95 bits per heavy atom. The smallest absolute Gasteiger partial charge is 0.120 e. The van der Waals surface area contributed by atoms with Gasteiger partial charge in [0.1, 0.15) is 5.82 Å². The lowest BCUT2D eigenvalue weighted by atomic mass is 9.97. The summed E-state index contributed by atoms with van der Waals surface area (Å²) in [6.45, 7) is 8.33. The lowest BCUT2D eigenvalue weighted by Crippen LogP contribution is -2.12. The van der Waals surface area contributed by atoms with Crippen molar-refractivity contribution in [3.63, 3.8) is 0 Å². The fraction of sp³-hybridized carbons (Fsp3) is 0.438. The monoisotopic (exact) mass is 257 g/mol. The summed E-state index contributed by atoms with van der Waals surface area (Å²) in [6.07, 6.45) is 3.08. The summed E-state index contributed by atoms with van der Waals surface area (Å²) in [5.74, 6) is 1.61. The van der Waals surface area contributed by atoms with Crippen LogP contribution in [-0.2, 0) is 6.54 Å². The SMILES string of the molecule is CCNCc1ncc(-c2ccc(C(C)CC)cc2)[nH]1. The highest BCUT2D eigenvalue weighted by molar-refractivity contribution is 5.59. The number of rotatable bonds is 6. The van der Waals surface area contributed by atoms with Gasteiger partial charge in [0.05, 0.1) is 18.4 Å². The Hall–Kier alpha value is -1.61. The van der Waals surface area contributed by atoms with Gasteiger partial charge in [-0.2, -0.15) is 0 Å². The number of nitrogens with zero attached hydrogens (tertiary/aromatic N) is 1. The maximum Gasteiger partial charge on any atom is 0.120 e. The molecule has 0 spiro atoms. The number of hydrogen-bond acceptors (Lipinski definition) is 2. The van der Waals surface area contributed by atoms with Crippen LogP contribution < -0.4 is 5.32 Å². The lowest BCUT2D eigenvalue weighted by molar-refractivity contribution is 0.698. The third-order valence-electron chi connectivity index (χ3n) is 3.57. The van der Waals surface area contributed by atoms with Crippen molar-refractivity contribution < 1.29 is 0 Å². The Balaban J connectivity index is 2.11. The van der Waals surface area contributed by atoms with E-state index < -0.39 is 0 Å². The number of hydrogen-bond donors (Lipinski definition) is 2. The number of aromatic amines is 1. The normalized spacial score (nSPS) is 12.6. The van der Waals surface area contributed by atoms with Crippen molar-refractivity contribution in [3.8, 4) is 11.3 Å². The first-order chi connectivity index (χ1) is 9.24. The average Bonchev–Trinajstić information content (AvgIpc) is 2.93. The molecule has 102 valence electrons. The van der Waals surface area contributed by atoms with E-state index in [0.717, 1.165) is 24.6 Å². The van der Waals surface area contributed by atoms with E-state index in [1.807, 2.05) is 6.20 Å². The molecule has 1 heterocycles. The van der Waals surface area contributed by atoms with Gasteiger partial charge in [0.15, 0.2) is 0 Å². The predicted molar refractivity (Wildman–Crippen MR) is 80.1 cm³/mol. The lowest BCUT2D eigenvalue weighted by Gasteiger charge is -2.09.